The highest BCUT2D eigenvalue weighted by molar-refractivity contribution is 5.94. The van der Waals surface area contributed by atoms with Crippen LogP contribution in [0.25, 0.3) is 0 Å². The van der Waals surface area contributed by atoms with Crippen LogP contribution in [-0.2, 0) is 19.1 Å². The molecule has 2 N–H and O–H groups in total. The van der Waals surface area contributed by atoms with Crippen LogP contribution < -0.4 is 0 Å². The number of furan rings is 1. The zero-order chi connectivity index (χ0) is 19.0. The summed E-state index contributed by atoms with van der Waals surface area (Å²) < 4.78 is 16.5. The van der Waals surface area contributed by atoms with Gasteiger partial charge < -0.3 is 24.1 Å². The molecule has 1 aromatic heterocycles. The molecule has 5 rings (SSSR count). The molecule has 1 saturated carbocycles. The molecule has 7 nitrogen and oxygen atoms in total. The third-order valence-electron chi connectivity index (χ3n) is 7.40. The summed E-state index contributed by atoms with van der Waals surface area (Å²) >= 11 is 0. The number of esters is 2. The van der Waals surface area contributed by atoms with E-state index in [-0.39, 0.29) is 24.9 Å². The third kappa shape index (κ3) is 1.93. The number of aliphatic hydroxyl groups is 2. The van der Waals surface area contributed by atoms with Gasteiger partial charge in [-0.1, -0.05) is 6.92 Å². The Morgan fingerprint density at radius 3 is 2.78 bits per heavy atom. The van der Waals surface area contributed by atoms with Crippen LogP contribution in [0, 0.1) is 22.7 Å². The zero-order valence-corrected chi connectivity index (χ0v) is 15.0. The number of hydrogen-bond donors (Lipinski definition) is 2. The third-order valence-corrected chi connectivity index (χ3v) is 7.40. The molecule has 27 heavy (non-hydrogen) atoms. The van der Waals surface area contributed by atoms with Gasteiger partial charge in [-0.15, -0.1) is 0 Å². The first-order valence-electron chi connectivity index (χ1n) is 9.39. The monoisotopic (exact) mass is 374 g/mol. The van der Waals surface area contributed by atoms with Gasteiger partial charge in [0.05, 0.1) is 36.1 Å². The molecule has 2 saturated heterocycles. The number of aliphatic hydroxyl groups excluding tert-OH is 2. The van der Waals surface area contributed by atoms with E-state index in [4.69, 9.17) is 13.9 Å². The predicted octanol–water partition coefficient (Wildman–Crippen LogP) is 1.51. The number of fused-ring (bicyclic) bond motifs is 1. The molecule has 3 heterocycles. The van der Waals surface area contributed by atoms with Crippen molar-refractivity contribution in [2.45, 2.75) is 44.5 Å². The Kier molecular flexibility index (Phi) is 3.44. The van der Waals surface area contributed by atoms with Gasteiger partial charge in [0, 0.05) is 17.6 Å². The Morgan fingerprint density at radius 2 is 2.07 bits per heavy atom. The van der Waals surface area contributed by atoms with Crippen LogP contribution in [0.2, 0.25) is 0 Å². The highest BCUT2D eigenvalue weighted by Gasteiger charge is 2.73. The lowest BCUT2D eigenvalue weighted by Crippen LogP contribution is -2.61. The average molecular weight is 374 g/mol. The summed E-state index contributed by atoms with van der Waals surface area (Å²) in [5, 5.41) is 20.8. The van der Waals surface area contributed by atoms with Crippen LogP contribution in [0.15, 0.2) is 34.7 Å². The first-order valence-corrected chi connectivity index (χ1v) is 9.39. The number of rotatable bonds is 2. The molecule has 7 heteroatoms. The molecular weight excluding hydrogens is 352 g/mol. The maximum absolute atomic E-state index is 13.2. The second-order valence-electron chi connectivity index (χ2n) is 8.36. The van der Waals surface area contributed by atoms with Crippen LogP contribution in [0.4, 0.5) is 0 Å². The molecular formula is C20H22O7. The van der Waals surface area contributed by atoms with Crippen LogP contribution in [-0.4, -0.2) is 41.0 Å². The van der Waals surface area contributed by atoms with E-state index in [1.165, 1.54) is 6.08 Å². The maximum Gasteiger partial charge on any atom is 0.334 e. The predicted molar refractivity (Wildman–Crippen MR) is 90.0 cm³/mol. The normalized spacial score (nSPS) is 45.4. The van der Waals surface area contributed by atoms with Crippen molar-refractivity contribution in [2.24, 2.45) is 22.7 Å². The van der Waals surface area contributed by atoms with E-state index in [0.29, 0.717) is 18.4 Å². The lowest BCUT2D eigenvalue weighted by Gasteiger charge is -2.55. The summed E-state index contributed by atoms with van der Waals surface area (Å²) in [4.78, 5) is 25.7. The molecule has 2 aliphatic carbocycles. The van der Waals surface area contributed by atoms with Gasteiger partial charge in [-0.2, -0.15) is 0 Å². The van der Waals surface area contributed by atoms with Crippen molar-refractivity contribution >= 4 is 11.9 Å². The van der Waals surface area contributed by atoms with Crippen LogP contribution in [0.1, 0.15) is 37.9 Å². The van der Waals surface area contributed by atoms with Gasteiger partial charge in [-0.05, 0) is 36.8 Å². The van der Waals surface area contributed by atoms with E-state index in [1.807, 2.05) is 6.92 Å². The molecule has 1 spiro atoms. The van der Waals surface area contributed by atoms with Gasteiger partial charge in [0.2, 0.25) is 0 Å². The molecule has 144 valence electrons. The van der Waals surface area contributed by atoms with E-state index in [1.54, 1.807) is 18.6 Å². The second-order valence-corrected chi connectivity index (χ2v) is 8.36. The lowest BCUT2D eigenvalue weighted by atomic mass is 9.45. The van der Waals surface area contributed by atoms with Crippen molar-refractivity contribution in [3.8, 4) is 0 Å². The summed E-state index contributed by atoms with van der Waals surface area (Å²) in [7, 11) is 0. The fourth-order valence-corrected chi connectivity index (χ4v) is 6.11. The molecule has 0 bridgehead atoms. The minimum Gasteiger partial charge on any atom is -0.472 e. The first-order chi connectivity index (χ1) is 12.9. The van der Waals surface area contributed by atoms with E-state index in [9.17, 15) is 19.8 Å². The molecule has 4 aliphatic rings. The first kappa shape index (κ1) is 17.0. The van der Waals surface area contributed by atoms with Crippen molar-refractivity contribution in [3.05, 3.63) is 35.8 Å². The standard InChI is InChI=1S/C20H22O7/c1-10-4-16-20(9-21)13(17(23)27-16)5-12(22)6-15(20)19(10)7-14(26-18(19)24)11-2-3-25-8-11/h2-3,5,8,10,12,14-16,21-22H,4,6-7,9H2,1H3/t10-,12+,14+,15-,16-,19-,20+/m1/s1. The summed E-state index contributed by atoms with van der Waals surface area (Å²) in [5.41, 5.74) is -0.758. The fourth-order valence-electron chi connectivity index (χ4n) is 6.11. The van der Waals surface area contributed by atoms with E-state index in [0.717, 1.165) is 5.56 Å². The Bertz CT molecular complexity index is 827. The Morgan fingerprint density at radius 1 is 1.26 bits per heavy atom. The Labute approximate surface area is 155 Å². The molecule has 0 unspecified atom stereocenters. The highest BCUT2D eigenvalue weighted by Crippen LogP contribution is 2.68. The molecule has 0 radical (unpaired) electrons. The van der Waals surface area contributed by atoms with Gasteiger partial charge in [0.15, 0.2) is 0 Å². The van der Waals surface area contributed by atoms with Crippen molar-refractivity contribution in [1.82, 2.24) is 0 Å². The Hall–Kier alpha value is -2.12. The van der Waals surface area contributed by atoms with Gasteiger partial charge in [-0.3, -0.25) is 4.79 Å². The van der Waals surface area contributed by atoms with Crippen molar-refractivity contribution < 1.29 is 33.7 Å². The van der Waals surface area contributed by atoms with Crippen LogP contribution >= 0.6 is 0 Å². The number of ether oxygens (including phenoxy) is 2. The second kappa shape index (κ2) is 5.45. The molecule has 0 aromatic carbocycles. The highest BCUT2D eigenvalue weighted by atomic mass is 16.6. The van der Waals surface area contributed by atoms with Crippen LogP contribution in [0.5, 0.6) is 0 Å². The van der Waals surface area contributed by atoms with Gasteiger partial charge >= 0.3 is 11.9 Å². The number of hydrogen-bond acceptors (Lipinski definition) is 7. The molecule has 7 atom stereocenters. The number of carbonyl (C=O) groups is 2. The minimum absolute atomic E-state index is 0.117. The van der Waals surface area contributed by atoms with Gasteiger partial charge in [0.25, 0.3) is 0 Å². The van der Waals surface area contributed by atoms with E-state index in [2.05, 4.69) is 0 Å². The van der Waals surface area contributed by atoms with Crippen molar-refractivity contribution in [3.63, 3.8) is 0 Å². The number of carbonyl (C=O) groups excluding carboxylic acids is 2. The summed E-state index contributed by atoms with van der Waals surface area (Å²) in [6.45, 7) is 1.67. The Balaban J connectivity index is 1.65. The smallest absolute Gasteiger partial charge is 0.334 e. The quantitative estimate of drug-likeness (QED) is 0.756. The SMILES string of the molecule is C[C@@H]1C[C@H]2OC(=O)C3=C[C@H](O)C[C@H]([C@@]14C[C@@H](c1ccoc1)OC4=O)[C@]32CO. The van der Waals surface area contributed by atoms with Crippen molar-refractivity contribution in [2.75, 3.05) is 6.61 Å². The maximum atomic E-state index is 13.2. The molecule has 0 amide bonds. The van der Waals surface area contributed by atoms with Gasteiger partial charge in [-0.25, -0.2) is 4.79 Å². The fraction of sp³-hybridized carbons (Fsp3) is 0.600. The van der Waals surface area contributed by atoms with E-state index < -0.39 is 41.0 Å². The molecule has 1 aromatic rings. The van der Waals surface area contributed by atoms with Gasteiger partial charge in [0.1, 0.15) is 12.2 Å². The zero-order valence-electron chi connectivity index (χ0n) is 15.0. The molecule has 2 aliphatic heterocycles. The summed E-state index contributed by atoms with van der Waals surface area (Å²) in [6, 6.07) is 1.78. The van der Waals surface area contributed by atoms with Crippen molar-refractivity contribution in [1.29, 1.82) is 0 Å². The minimum atomic E-state index is -0.965. The lowest BCUT2D eigenvalue weighted by molar-refractivity contribution is -0.176. The largest absolute Gasteiger partial charge is 0.472 e. The number of cyclic esters (lactones) is 1. The van der Waals surface area contributed by atoms with E-state index >= 15 is 0 Å². The van der Waals surface area contributed by atoms with Crippen LogP contribution in [0.3, 0.4) is 0 Å². The summed E-state index contributed by atoms with van der Waals surface area (Å²) in [5.74, 6) is -1.38. The topological polar surface area (TPSA) is 106 Å². The summed E-state index contributed by atoms with van der Waals surface area (Å²) in [6.07, 6.45) is 4.01. The molecule has 3 fully saturated rings. The average Bonchev–Trinajstić information content (AvgIpc) is 3.33.